The number of rotatable bonds is 5. The van der Waals surface area contributed by atoms with Crippen LogP contribution in [-0.2, 0) is 16.1 Å². The number of anilines is 1. The van der Waals surface area contributed by atoms with Crippen molar-refractivity contribution in [3.8, 4) is 0 Å². The van der Waals surface area contributed by atoms with Crippen LogP contribution in [0.2, 0.25) is 0 Å². The summed E-state index contributed by atoms with van der Waals surface area (Å²) in [5.74, 6) is 0.308. The van der Waals surface area contributed by atoms with E-state index in [0.717, 1.165) is 24.6 Å². The molecule has 0 aromatic carbocycles. The van der Waals surface area contributed by atoms with Crippen LogP contribution in [0.5, 0.6) is 0 Å². The summed E-state index contributed by atoms with van der Waals surface area (Å²) in [4.78, 5) is 25.3. The van der Waals surface area contributed by atoms with Crippen molar-refractivity contribution in [2.24, 2.45) is 11.3 Å². The maximum Gasteiger partial charge on any atom is 0.313 e. The normalized spacial score (nSPS) is 30.1. The molecule has 7 nitrogen and oxygen atoms in total. The van der Waals surface area contributed by atoms with E-state index in [2.05, 4.69) is 19.8 Å². The fourth-order valence-corrected chi connectivity index (χ4v) is 4.91. The maximum atomic E-state index is 12.2. The van der Waals surface area contributed by atoms with E-state index in [1.54, 1.807) is 7.11 Å². The maximum absolute atomic E-state index is 12.2. The third kappa shape index (κ3) is 2.89. The average molecular weight is 346 g/mol. The number of nitrogens with zero attached hydrogens (tertiary/aromatic N) is 4. The Morgan fingerprint density at radius 2 is 2.12 bits per heavy atom. The van der Waals surface area contributed by atoms with Gasteiger partial charge in [0.2, 0.25) is 0 Å². The number of aliphatic carboxylic acids is 1. The Morgan fingerprint density at radius 3 is 2.80 bits per heavy atom. The Kier molecular flexibility index (Phi) is 4.37. The zero-order valence-corrected chi connectivity index (χ0v) is 14.7. The van der Waals surface area contributed by atoms with Gasteiger partial charge in [0, 0.05) is 51.3 Å². The summed E-state index contributed by atoms with van der Waals surface area (Å²) in [6, 6.07) is 2.50. The number of ether oxygens (including phenoxy) is 1. The molecule has 2 saturated heterocycles. The highest BCUT2D eigenvalue weighted by Crippen LogP contribution is 2.45. The third-order valence-corrected chi connectivity index (χ3v) is 6.23. The first-order valence-electron chi connectivity index (χ1n) is 9.14. The lowest BCUT2D eigenvalue weighted by Crippen LogP contribution is -2.42. The Hall–Kier alpha value is -1.73. The molecular formula is C18H26N4O3. The molecule has 2 aliphatic heterocycles. The summed E-state index contributed by atoms with van der Waals surface area (Å²) in [5.41, 5.74) is 0.149. The number of carboxylic acid groups (broad SMARTS) is 1. The third-order valence-electron chi connectivity index (χ3n) is 6.23. The number of fused-ring (bicyclic) bond motifs is 1. The van der Waals surface area contributed by atoms with Gasteiger partial charge in [-0.05, 0) is 12.8 Å². The summed E-state index contributed by atoms with van der Waals surface area (Å²) in [7, 11) is 1.64. The van der Waals surface area contributed by atoms with Crippen LogP contribution < -0.4 is 4.90 Å². The van der Waals surface area contributed by atoms with Crippen LogP contribution in [0.4, 0.5) is 5.82 Å². The van der Waals surface area contributed by atoms with E-state index in [-0.39, 0.29) is 5.92 Å². The minimum Gasteiger partial charge on any atom is -0.481 e. The molecule has 1 saturated carbocycles. The van der Waals surface area contributed by atoms with E-state index in [4.69, 9.17) is 4.74 Å². The first kappa shape index (κ1) is 16.7. The minimum atomic E-state index is -0.672. The molecule has 1 N–H and O–H groups in total. The van der Waals surface area contributed by atoms with Crippen molar-refractivity contribution < 1.29 is 14.6 Å². The van der Waals surface area contributed by atoms with E-state index in [0.29, 0.717) is 25.7 Å². The van der Waals surface area contributed by atoms with Gasteiger partial charge in [0.1, 0.15) is 17.6 Å². The number of hydrogen-bond acceptors (Lipinski definition) is 6. The van der Waals surface area contributed by atoms with Crippen molar-refractivity contribution >= 4 is 11.8 Å². The quantitative estimate of drug-likeness (QED) is 0.863. The number of hydrogen-bond donors (Lipinski definition) is 1. The molecular weight excluding hydrogens is 320 g/mol. The molecule has 0 spiro atoms. The summed E-state index contributed by atoms with van der Waals surface area (Å²) < 4.78 is 5.14. The molecule has 3 fully saturated rings. The molecule has 1 aromatic heterocycles. The lowest BCUT2D eigenvalue weighted by atomic mass is 9.81. The van der Waals surface area contributed by atoms with Crippen molar-refractivity contribution in [2.75, 3.05) is 38.2 Å². The predicted molar refractivity (Wildman–Crippen MR) is 92.3 cm³/mol. The Morgan fingerprint density at radius 1 is 1.32 bits per heavy atom. The van der Waals surface area contributed by atoms with Gasteiger partial charge in [0.15, 0.2) is 0 Å². The van der Waals surface area contributed by atoms with Crippen molar-refractivity contribution in [2.45, 2.75) is 38.3 Å². The Labute approximate surface area is 148 Å². The van der Waals surface area contributed by atoms with Gasteiger partial charge in [0.25, 0.3) is 0 Å². The van der Waals surface area contributed by atoms with E-state index >= 15 is 0 Å². The number of methoxy groups -OCH3 is 1. The summed E-state index contributed by atoms with van der Waals surface area (Å²) in [6.45, 7) is 3.28. The molecule has 136 valence electrons. The van der Waals surface area contributed by atoms with Crippen LogP contribution in [-0.4, -0.2) is 65.3 Å². The molecule has 3 aliphatic rings. The fourth-order valence-electron chi connectivity index (χ4n) is 4.91. The van der Waals surface area contributed by atoms with Gasteiger partial charge >= 0.3 is 5.97 Å². The van der Waals surface area contributed by atoms with Gasteiger partial charge in [-0.3, -0.25) is 9.69 Å². The highest BCUT2D eigenvalue weighted by Gasteiger charge is 2.58. The molecule has 0 amide bonds. The van der Waals surface area contributed by atoms with Crippen LogP contribution in [0, 0.1) is 11.3 Å². The predicted octanol–water partition coefficient (Wildman–Crippen LogP) is 1.39. The Balaban J connectivity index is 1.53. The summed E-state index contributed by atoms with van der Waals surface area (Å²) in [5, 5.41) is 10.0. The van der Waals surface area contributed by atoms with Crippen molar-refractivity contribution in [1.29, 1.82) is 0 Å². The van der Waals surface area contributed by atoms with Crippen LogP contribution in [0.1, 0.15) is 31.4 Å². The zero-order chi connectivity index (χ0) is 17.4. The van der Waals surface area contributed by atoms with Crippen molar-refractivity contribution in [1.82, 2.24) is 14.9 Å². The standard InChI is InChI=1S/C18H26N4O3/c1-25-9-14-6-16(20-12-19-14)22-8-13-7-21(15-4-2-3-5-15)10-18(13,11-22)17(23)24/h6,12-13,15H,2-5,7-11H2,1H3,(H,23,24)/t13-,18-/m1/s1. The molecule has 0 radical (unpaired) electrons. The fraction of sp³-hybridized carbons (Fsp3) is 0.722. The molecule has 0 unspecified atom stereocenters. The molecule has 25 heavy (non-hydrogen) atoms. The van der Waals surface area contributed by atoms with Crippen LogP contribution >= 0.6 is 0 Å². The second kappa shape index (κ2) is 6.53. The molecule has 3 heterocycles. The van der Waals surface area contributed by atoms with Gasteiger partial charge in [-0.2, -0.15) is 0 Å². The monoisotopic (exact) mass is 346 g/mol. The molecule has 2 atom stereocenters. The van der Waals surface area contributed by atoms with Gasteiger partial charge in [0.05, 0.1) is 12.3 Å². The van der Waals surface area contributed by atoms with Crippen molar-refractivity contribution in [3.63, 3.8) is 0 Å². The van der Waals surface area contributed by atoms with Crippen LogP contribution in [0.25, 0.3) is 0 Å². The van der Waals surface area contributed by atoms with Crippen LogP contribution in [0.3, 0.4) is 0 Å². The van der Waals surface area contributed by atoms with E-state index < -0.39 is 11.4 Å². The van der Waals surface area contributed by atoms with Crippen LogP contribution in [0.15, 0.2) is 12.4 Å². The van der Waals surface area contributed by atoms with E-state index in [1.165, 1.54) is 32.0 Å². The van der Waals surface area contributed by atoms with E-state index in [1.807, 2.05) is 6.07 Å². The lowest BCUT2D eigenvalue weighted by Gasteiger charge is -2.29. The second-order valence-electron chi connectivity index (χ2n) is 7.71. The molecule has 1 aliphatic carbocycles. The SMILES string of the molecule is COCc1cc(N2C[C@H]3CN(C4CCCC4)C[C@@]3(C(=O)O)C2)ncn1. The zero-order valence-electron chi connectivity index (χ0n) is 14.7. The lowest BCUT2D eigenvalue weighted by molar-refractivity contribution is -0.148. The average Bonchev–Trinajstić information content (AvgIpc) is 3.29. The highest BCUT2D eigenvalue weighted by atomic mass is 16.5. The molecule has 0 bridgehead atoms. The summed E-state index contributed by atoms with van der Waals surface area (Å²) >= 11 is 0. The first-order valence-corrected chi connectivity index (χ1v) is 9.14. The Bertz CT molecular complexity index is 649. The van der Waals surface area contributed by atoms with Gasteiger partial charge < -0.3 is 14.7 Å². The minimum absolute atomic E-state index is 0.159. The van der Waals surface area contributed by atoms with Gasteiger partial charge in [-0.1, -0.05) is 12.8 Å². The highest BCUT2D eigenvalue weighted by molar-refractivity contribution is 5.78. The number of carbonyl (C=O) groups is 1. The van der Waals surface area contributed by atoms with E-state index in [9.17, 15) is 9.90 Å². The van der Waals surface area contributed by atoms with Gasteiger partial charge in [-0.25, -0.2) is 9.97 Å². The van der Waals surface area contributed by atoms with Crippen molar-refractivity contribution in [3.05, 3.63) is 18.1 Å². The number of likely N-dealkylation sites (tertiary alicyclic amines) is 1. The molecule has 7 heteroatoms. The largest absolute Gasteiger partial charge is 0.481 e. The smallest absolute Gasteiger partial charge is 0.313 e. The number of aromatic nitrogens is 2. The molecule has 4 rings (SSSR count). The van der Waals surface area contributed by atoms with Gasteiger partial charge in [-0.15, -0.1) is 0 Å². The topological polar surface area (TPSA) is 78.8 Å². The first-order chi connectivity index (χ1) is 12.1. The molecule has 1 aromatic rings. The second-order valence-corrected chi connectivity index (χ2v) is 7.71. The number of carboxylic acids is 1. The summed E-state index contributed by atoms with van der Waals surface area (Å²) in [6.07, 6.45) is 6.54.